The standard InChI is InChI=1S/C23H18N2O7/c26-17(14-32-19-11-7-16(8-12-19)25(29)30)13-31-18-9-5-15(6-10-18)24-22(27)20-3-1-2-4-21(20)23(24)28/h1-12,17,26H,13-14H2/t17-/m0/s1. The summed E-state index contributed by atoms with van der Waals surface area (Å²) in [5.74, 6) is 0.0795. The number of carbonyl (C=O) groups excluding carboxylic acids is 2. The van der Waals surface area contributed by atoms with Gasteiger partial charge in [0, 0.05) is 12.1 Å². The van der Waals surface area contributed by atoms with Gasteiger partial charge in [0.2, 0.25) is 0 Å². The van der Waals surface area contributed by atoms with Crippen LogP contribution in [0.3, 0.4) is 0 Å². The van der Waals surface area contributed by atoms with E-state index in [-0.39, 0.29) is 30.7 Å². The van der Waals surface area contributed by atoms with Gasteiger partial charge in [-0.3, -0.25) is 19.7 Å². The maximum Gasteiger partial charge on any atom is 0.269 e. The van der Waals surface area contributed by atoms with Crippen molar-refractivity contribution in [3.63, 3.8) is 0 Å². The van der Waals surface area contributed by atoms with Crippen molar-refractivity contribution < 1.29 is 29.1 Å². The van der Waals surface area contributed by atoms with E-state index in [1.165, 1.54) is 24.3 Å². The van der Waals surface area contributed by atoms with Gasteiger partial charge in [-0.05, 0) is 48.5 Å². The van der Waals surface area contributed by atoms with Crippen LogP contribution in [0, 0.1) is 10.1 Å². The molecule has 1 atom stereocenters. The summed E-state index contributed by atoms with van der Waals surface area (Å²) in [6.07, 6.45) is -0.943. The lowest BCUT2D eigenvalue weighted by atomic mass is 10.1. The molecule has 0 spiro atoms. The van der Waals surface area contributed by atoms with E-state index in [9.17, 15) is 24.8 Å². The first-order valence-electron chi connectivity index (χ1n) is 9.70. The van der Waals surface area contributed by atoms with Gasteiger partial charge in [0.15, 0.2) is 0 Å². The molecule has 162 valence electrons. The number of hydrogen-bond donors (Lipinski definition) is 1. The summed E-state index contributed by atoms with van der Waals surface area (Å²) >= 11 is 0. The van der Waals surface area contributed by atoms with Crippen LogP contribution in [0.5, 0.6) is 11.5 Å². The SMILES string of the molecule is O=C1c2ccccc2C(=O)N1c1ccc(OC[C@H](O)COc2ccc([N+](=O)[O-])cc2)cc1. The molecule has 3 aromatic rings. The topological polar surface area (TPSA) is 119 Å². The first-order valence-corrected chi connectivity index (χ1v) is 9.70. The van der Waals surface area contributed by atoms with Crippen LogP contribution in [0.1, 0.15) is 20.7 Å². The highest BCUT2D eigenvalue weighted by Gasteiger charge is 2.36. The number of hydrogen-bond acceptors (Lipinski definition) is 7. The largest absolute Gasteiger partial charge is 0.491 e. The van der Waals surface area contributed by atoms with Crippen molar-refractivity contribution in [1.29, 1.82) is 0 Å². The summed E-state index contributed by atoms with van der Waals surface area (Å²) in [6, 6.07) is 18.6. The Morgan fingerprint density at radius 2 is 1.28 bits per heavy atom. The molecule has 3 aromatic carbocycles. The van der Waals surface area contributed by atoms with Crippen molar-refractivity contribution in [3.05, 3.63) is 94.0 Å². The number of non-ortho nitro benzene ring substituents is 1. The summed E-state index contributed by atoms with van der Waals surface area (Å²) in [7, 11) is 0. The Balaban J connectivity index is 1.30. The highest BCUT2D eigenvalue weighted by Crippen LogP contribution is 2.29. The molecule has 2 amide bonds. The number of benzene rings is 3. The van der Waals surface area contributed by atoms with Gasteiger partial charge in [-0.25, -0.2) is 4.90 Å². The Kier molecular flexibility index (Phi) is 5.82. The normalized spacial score (nSPS) is 13.6. The van der Waals surface area contributed by atoms with Crippen LogP contribution in [0.15, 0.2) is 72.8 Å². The lowest BCUT2D eigenvalue weighted by Gasteiger charge is -2.16. The maximum atomic E-state index is 12.5. The van der Waals surface area contributed by atoms with Gasteiger partial charge in [-0.1, -0.05) is 12.1 Å². The van der Waals surface area contributed by atoms with Crippen LogP contribution >= 0.6 is 0 Å². The number of ether oxygens (including phenoxy) is 2. The minimum Gasteiger partial charge on any atom is -0.491 e. The number of amides is 2. The lowest BCUT2D eigenvalue weighted by molar-refractivity contribution is -0.384. The molecule has 0 unspecified atom stereocenters. The molecule has 0 fully saturated rings. The third-order valence-electron chi connectivity index (χ3n) is 4.82. The molecule has 1 N–H and O–H groups in total. The molecule has 32 heavy (non-hydrogen) atoms. The average molecular weight is 434 g/mol. The van der Waals surface area contributed by atoms with E-state index in [0.29, 0.717) is 28.3 Å². The highest BCUT2D eigenvalue weighted by molar-refractivity contribution is 6.34. The van der Waals surface area contributed by atoms with E-state index in [1.54, 1.807) is 48.5 Å². The van der Waals surface area contributed by atoms with Crippen molar-refractivity contribution in [3.8, 4) is 11.5 Å². The first kappa shape index (κ1) is 21.0. The van der Waals surface area contributed by atoms with Crippen LogP contribution in [-0.2, 0) is 0 Å². The number of aliphatic hydroxyl groups excluding tert-OH is 1. The second kappa shape index (κ2) is 8.86. The molecule has 0 saturated carbocycles. The van der Waals surface area contributed by atoms with Crippen LogP contribution in [-0.4, -0.2) is 41.2 Å². The summed E-state index contributed by atoms with van der Waals surface area (Å²) in [4.78, 5) is 36.3. The van der Waals surface area contributed by atoms with Crippen molar-refractivity contribution in [2.24, 2.45) is 0 Å². The van der Waals surface area contributed by atoms with E-state index in [1.807, 2.05) is 0 Å². The quantitative estimate of drug-likeness (QED) is 0.328. The Hall–Kier alpha value is -4.24. The summed E-state index contributed by atoms with van der Waals surface area (Å²) in [5, 5.41) is 20.7. The third-order valence-corrected chi connectivity index (χ3v) is 4.82. The van der Waals surface area contributed by atoms with E-state index in [0.717, 1.165) is 4.90 Å². The number of nitro benzene ring substituents is 1. The number of fused-ring (bicyclic) bond motifs is 1. The van der Waals surface area contributed by atoms with E-state index < -0.39 is 11.0 Å². The number of anilines is 1. The molecule has 9 nitrogen and oxygen atoms in total. The van der Waals surface area contributed by atoms with Gasteiger partial charge in [-0.2, -0.15) is 0 Å². The smallest absolute Gasteiger partial charge is 0.269 e. The van der Waals surface area contributed by atoms with Crippen LogP contribution in [0.2, 0.25) is 0 Å². The van der Waals surface area contributed by atoms with Gasteiger partial charge in [0.1, 0.15) is 30.8 Å². The van der Waals surface area contributed by atoms with Gasteiger partial charge in [0.05, 0.1) is 21.7 Å². The van der Waals surface area contributed by atoms with E-state index in [4.69, 9.17) is 9.47 Å². The Morgan fingerprint density at radius 3 is 1.75 bits per heavy atom. The minimum absolute atomic E-state index is 0.0501. The predicted octanol–water partition coefficient (Wildman–Crippen LogP) is 3.21. The van der Waals surface area contributed by atoms with Gasteiger partial charge < -0.3 is 14.6 Å². The van der Waals surface area contributed by atoms with Crippen molar-refractivity contribution in [2.45, 2.75) is 6.10 Å². The number of rotatable bonds is 8. The Bertz CT molecular complexity index is 1120. The van der Waals surface area contributed by atoms with Crippen molar-refractivity contribution >= 4 is 23.2 Å². The molecular weight excluding hydrogens is 416 g/mol. The molecular formula is C23H18N2O7. The van der Waals surface area contributed by atoms with Crippen molar-refractivity contribution in [2.75, 3.05) is 18.1 Å². The monoisotopic (exact) mass is 434 g/mol. The third kappa shape index (κ3) is 4.28. The summed E-state index contributed by atoms with van der Waals surface area (Å²) in [5.41, 5.74) is 1.11. The van der Waals surface area contributed by atoms with E-state index in [2.05, 4.69) is 0 Å². The minimum atomic E-state index is -0.943. The van der Waals surface area contributed by atoms with Crippen LogP contribution < -0.4 is 14.4 Å². The fourth-order valence-electron chi connectivity index (χ4n) is 3.21. The molecule has 0 radical (unpaired) electrons. The predicted molar refractivity (Wildman–Crippen MR) is 114 cm³/mol. The number of aliphatic hydroxyl groups is 1. The zero-order valence-corrected chi connectivity index (χ0v) is 16.7. The molecule has 1 heterocycles. The molecule has 0 saturated heterocycles. The molecule has 0 bridgehead atoms. The van der Waals surface area contributed by atoms with E-state index >= 15 is 0 Å². The summed E-state index contributed by atoms with van der Waals surface area (Å²) in [6.45, 7) is -0.121. The Labute approximate surface area is 182 Å². The number of carbonyl (C=O) groups is 2. The zero-order valence-electron chi connectivity index (χ0n) is 16.7. The number of nitro groups is 1. The first-order chi connectivity index (χ1) is 15.4. The molecule has 1 aliphatic heterocycles. The maximum absolute atomic E-state index is 12.5. The molecule has 0 aromatic heterocycles. The average Bonchev–Trinajstić information content (AvgIpc) is 3.07. The molecule has 4 rings (SSSR count). The van der Waals surface area contributed by atoms with Crippen LogP contribution in [0.25, 0.3) is 0 Å². The zero-order chi connectivity index (χ0) is 22.7. The fraction of sp³-hybridized carbons (Fsp3) is 0.130. The molecule has 9 heteroatoms. The lowest BCUT2D eigenvalue weighted by Crippen LogP contribution is -2.29. The fourth-order valence-corrected chi connectivity index (χ4v) is 3.21. The number of nitrogens with zero attached hydrogens (tertiary/aromatic N) is 2. The van der Waals surface area contributed by atoms with Crippen LogP contribution in [0.4, 0.5) is 11.4 Å². The summed E-state index contributed by atoms with van der Waals surface area (Å²) < 4.78 is 10.9. The van der Waals surface area contributed by atoms with Gasteiger partial charge >= 0.3 is 0 Å². The molecule has 1 aliphatic rings. The van der Waals surface area contributed by atoms with Gasteiger partial charge in [0.25, 0.3) is 17.5 Å². The Morgan fingerprint density at radius 1 is 0.812 bits per heavy atom. The second-order valence-corrected chi connectivity index (χ2v) is 7.01. The highest BCUT2D eigenvalue weighted by atomic mass is 16.6. The number of imide groups is 1. The van der Waals surface area contributed by atoms with Crippen molar-refractivity contribution in [1.82, 2.24) is 0 Å². The second-order valence-electron chi connectivity index (χ2n) is 7.01. The van der Waals surface area contributed by atoms with Gasteiger partial charge in [-0.15, -0.1) is 0 Å². The molecule has 0 aliphatic carbocycles.